The Morgan fingerprint density at radius 1 is 1.04 bits per heavy atom. The number of rotatable bonds is 8. The van der Waals surface area contributed by atoms with E-state index in [0.29, 0.717) is 17.7 Å². The van der Waals surface area contributed by atoms with Crippen LogP contribution in [-0.4, -0.2) is 32.7 Å². The SMILES string of the molecule is CCCC[C@H](CO)Nc1nc(C)nc(Nc2ccc(C)cc2)n1. The van der Waals surface area contributed by atoms with Gasteiger partial charge >= 0.3 is 0 Å². The first kappa shape index (κ1) is 17.1. The highest BCUT2D eigenvalue weighted by Crippen LogP contribution is 2.15. The number of hydrogen-bond acceptors (Lipinski definition) is 6. The Labute approximate surface area is 137 Å². The number of nitrogens with one attached hydrogen (secondary N) is 2. The Bertz CT molecular complexity index is 615. The molecule has 0 fully saturated rings. The van der Waals surface area contributed by atoms with Crippen LogP contribution in [0.3, 0.4) is 0 Å². The van der Waals surface area contributed by atoms with E-state index in [1.165, 1.54) is 5.56 Å². The van der Waals surface area contributed by atoms with E-state index in [2.05, 4.69) is 32.5 Å². The van der Waals surface area contributed by atoms with Crippen molar-refractivity contribution in [3.8, 4) is 0 Å². The number of anilines is 3. The van der Waals surface area contributed by atoms with Gasteiger partial charge in [-0.05, 0) is 32.4 Å². The van der Waals surface area contributed by atoms with E-state index in [-0.39, 0.29) is 12.6 Å². The molecule has 1 aromatic carbocycles. The summed E-state index contributed by atoms with van der Waals surface area (Å²) in [6.07, 6.45) is 3.03. The van der Waals surface area contributed by atoms with Crippen LogP contribution in [0.25, 0.3) is 0 Å². The van der Waals surface area contributed by atoms with Crippen molar-refractivity contribution >= 4 is 17.6 Å². The van der Waals surface area contributed by atoms with Gasteiger partial charge in [0.05, 0.1) is 12.6 Å². The molecular formula is C17H25N5O. The summed E-state index contributed by atoms with van der Waals surface area (Å²) in [7, 11) is 0. The van der Waals surface area contributed by atoms with Crippen molar-refractivity contribution < 1.29 is 5.11 Å². The first-order valence-electron chi connectivity index (χ1n) is 8.04. The van der Waals surface area contributed by atoms with Gasteiger partial charge in [-0.15, -0.1) is 0 Å². The molecule has 0 spiro atoms. The topological polar surface area (TPSA) is 83.0 Å². The molecule has 0 saturated heterocycles. The van der Waals surface area contributed by atoms with E-state index < -0.39 is 0 Å². The molecule has 124 valence electrons. The number of unbranched alkanes of at least 4 members (excludes halogenated alkanes) is 1. The molecule has 0 bridgehead atoms. The molecule has 23 heavy (non-hydrogen) atoms. The molecule has 2 aromatic rings. The number of hydrogen-bond donors (Lipinski definition) is 3. The van der Waals surface area contributed by atoms with Crippen LogP contribution in [-0.2, 0) is 0 Å². The molecule has 3 N–H and O–H groups in total. The Balaban J connectivity index is 2.09. The zero-order valence-electron chi connectivity index (χ0n) is 14.0. The van der Waals surface area contributed by atoms with Gasteiger partial charge in [-0.1, -0.05) is 37.5 Å². The summed E-state index contributed by atoms with van der Waals surface area (Å²) in [6.45, 7) is 6.06. The van der Waals surface area contributed by atoms with Crippen LogP contribution >= 0.6 is 0 Å². The fourth-order valence-corrected chi connectivity index (χ4v) is 2.21. The summed E-state index contributed by atoms with van der Waals surface area (Å²) < 4.78 is 0. The lowest BCUT2D eigenvalue weighted by atomic mass is 10.1. The van der Waals surface area contributed by atoms with Crippen LogP contribution in [0.5, 0.6) is 0 Å². The number of aromatic nitrogens is 3. The van der Waals surface area contributed by atoms with Crippen molar-refractivity contribution in [2.24, 2.45) is 0 Å². The molecule has 0 aliphatic rings. The summed E-state index contributed by atoms with van der Waals surface area (Å²) in [5, 5.41) is 15.8. The third-order valence-corrected chi connectivity index (χ3v) is 3.51. The minimum atomic E-state index is -0.0380. The molecule has 0 unspecified atom stereocenters. The number of nitrogens with zero attached hydrogens (tertiary/aromatic N) is 3. The van der Waals surface area contributed by atoms with E-state index in [0.717, 1.165) is 24.9 Å². The largest absolute Gasteiger partial charge is 0.394 e. The molecule has 2 rings (SSSR count). The Kier molecular flexibility index (Phi) is 6.29. The van der Waals surface area contributed by atoms with E-state index in [9.17, 15) is 5.11 Å². The zero-order valence-corrected chi connectivity index (χ0v) is 14.0. The normalized spacial score (nSPS) is 12.0. The molecule has 6 heteroatoms. The molecule has 0 amide bonds. The first-order valence-corrected chi connectivity index (χ1v) is 8.04. The van der Waals surface area contributed by atoms with Gasteiger partial charge in [0.2, 0.25) is 11.9 Å². The molecule has 0 aliphatic carbocycles. The predicted octanol–water partition coefficient (Wildman–Crippen LogP) is 3.20. The van der Waals surface area contributed by atoms with Crippen LogP contribution < -0.4 is 10.6 Å². The van der Waals surface area contributed by atoms with Crippen LogP contribution in [0, 0.1) is 13.8 Å². The average Bonchev–Trinajstić information content (AvgIpc) is 2.53. The van der Waals surface area contributed by atoms with Gasteiger partial charge in [0.15, 0.2) is 0 Å². The summed E-state index contributed by atoms with van der Waals surface area (Å²) in [4.78, 5) is 13.0. The fourth-order valence-electron chi connectivity index (χ4n) is 2.21. The van der Waals surface area contributed by atoms with Crippen LogP contribution in [0.2, 0.25) is 0 Å². The lowest BCUT2D eigenvalue weighted by Crippen LogP contribution is -2.25. The molecule has 6 nitrogen and oxygen atoms in total. The van der Waals surface area contributed by atoms with Gasteiger partial charge in [0.25, 0.3) is 0 Å². The van der Waals surface area contributed by atoms with Gasteiger partial charge in [0, 0.05) is 5.69 Å². The van der Waals surface area contributed by atoms with Gasteiger partial charge in [0.1, 0.15) is 5.82 Å². The standard InChI is InChI=1S/C17H25N5O/c1-4-5-6-15(11-23)21-17-19-13(3)18-16(22-17)20-14-9-7-12(2)8-10-14/h7-10,15,23H,4-6,11H2,1-3H3,(H2,18,19,20,21,22)/t15-/m1/s1. The van der Waals surface area contributed by atoms with Gasteiger partial charge in [-0.2, -0.15) is 15.0 Å². The molecule has 1 atom stereocenters. The van der Waals surface area contributed by atoms with E-state index in [1.54, 1.807) is 0 Å². The molecule has 0 saturated carbocycles. The highest BCUT2D eigenvalue weighted by Gasteiger charge is 2.10. The second kappa shape index (κ2) is 8.43. The first-order chi connectivity index (χ1) is 11.1. The van der Waals surface area contributed by atoms with Gasteiger partial charge < -0.3 is 15.7 Å². The van der Waals surface area contributed by atoms with Crippen molar-refractivity contribution in [2.75, 3.05) is 17.2 Å². The second-order valence-corrected chi connectivity index (χ2v) is 5.69. The third-order valence-electron chi connectivity index (χ3n) is 3.51. The molecule has 0 radical (unpaired) electrons. The maximum Gasteiger partial charge on any atom is 0.232 e. The summed E-state index contributed by atoms with van der Waals surface area (Å²) in [5.41, 5.74) is 2.13. The number of aliphatic hydroxyl groups is 1. The summed E-state index contributed by atoms with van der Waals surface area (Å²) in [6, 6.07) is 7.99. The Hall–Kier alpha value is -2.21. The average molecular weight is 315 g/mol. The second-order valence-electron chi connectivity index (χ2n) is 5.69. The van der Waals surface area contributed by atoms with Gasteiger partial charge in [-0.25, -0.2) is 0 Å². The molecule has 1 aromatic heterocycles. The number of aryl methyl sites for hydroxylation is 2. The van der Waals surface area contributed by atoms with E-state index >= 15 is 0 Å². The third kappa shape index (κ3) is 5.49. The van der Waals surface area contributed by atoms with E-state index in [1.807, 2.05) is 38.1 Å². The van der Waals surface area contributed by atoms with Crippen molar-refractivity contribution in [1.82, 2.24) is 15.0 Å². The van der Waals surface area contributed by atoms with Crippen LogP contribution in [0.1, 0.15) is 37.6 Å². The van der Waals surface area contributed by atoms with Crippen molar-refractivity contribution in [3.05, 3.63) is 35.7 Å². The smallest absolute Gasteiger partial charge is 0.232 e. The lowest BCUT2D eigenvalue weighted by Gasteiger charge is -2.16. The highest BCUT2D eigenvalue weighted by atomic mass is 16.3. The fraction of sp³-hybridized carbons (Fsp3) is 0.471. The quantitative estimate of drug-likeness (QED) is 0.694. The zero-order chi connectivity index (χ0) is 16.7. The summed E-state index contributed by atoms with van der Waals surface area (Å²) in [5.74, 6) is 1.61. The minimum absolute atomic E-state index is 0.0380. The maximum atomic E-state index is 9.46. The maximum absolute atomic E-state index is 9.46. The van der Waals surface area contributed by atoms with Crippen LogP contribution in [0.15, 0.2) is 24.3 Å². The monoisotopic (exact) mass is 315 g/mol. The Morgan fingerprint density at radius 3 is 2.39 bits per heavy atom. The van der Waals surface area contributed by atoms with E-state index in [4.69, 9.17) is 0 Å². The highest BCUT2D eigenvalue weighted by molar-refractivity contribution is 5.54. The number of aliphatic hydroxyl groups excluding tert-OH is 1. The van der Waals surface area contributed by atoms with Gasteiger partial charge in [-0.3, -0.25) is 0 Å². The minimum Gasteiger partial charge on any atom is -0.394 e. The molecular weight excluding hydrogens is 290 g/mol. The predicted molar refractivity (Wildman–Crippen MR) is 93.0 cm³/mol. The van der Waals surface area contributed by atoms with Crippen molar-refractivity contribution in [1.29, 1.82) is 0 Å². The molecule has 0 aliphatic heterocycles. The lowest BCUT2D eigenvalue weighted by molar-refractivity contribution is 0.266. The Morgan fingerprint density at radius 2 is 1.74 bits per heavy atom. The summed E-state index contributed by atoms with van der Waals surface area (Å²) >= 11 is 0. The molecule has 1 heterocycles. The van der Waals surface area contributed by atoms with Crippen molar-refractivity contribution in [3.63, 3.8) is 0 Å². The van der Waals surface area contributed by atoms with Crippen LogP contribution in [0.4, 0.5) is 17.6 Å². The van der Waals surface area contributed by atoms with Crippen molar-refractivity contribution in [2.45, 2.75) is 46.1 Å². The number of benzene rings is 1.